The lowest BCUT2D eigenvalue weighted by atomic mass is 9.98. The fourth-order valence-electron chi connectivity index (χ4n) is 2.61. The number of carbonyl (C=O) groups is 1. The van der Waals surface area contributed by atoms with Crippen LogP contribution < -0.4 is 10.4 Å². The van der Waals surface area contributed by atoms with Gasteiger partial charge in [-0.3, -0.25) is 5.01 Å². The highest BCUT2D eigenvalue weighted by Crippen LogP contribution is 2.27. The molecule has 22 heavy (non-hydrogen) atoms. The van der Waals surface area contributed by atoms with Gasteiger partial charge >= 0.3 is 0 Å². The minimum Gasteiger partial charge on any atom is -0.508 e. The number of carbonyl (C=O) groups excluding carboxylic acids is 1. The Morgan fingerprint density at radius 3 is 2.68 bits per heavy atom. The van der Waals surface area contributed by atoms with Crippen LogP contribution in [0.2, 0.25) is 0 Å². The number of pyridine rings is 1. The number of rotatable bonds is 4. The molecule has 1 unspecified atom stereocenters. The van der Waals surface area contributed by atoms with Crippen LogP contribution in [-0.2, 0) is 11.2 Å². The molecule has 1 aliphatic rings. The lowest BCUT2D eigenvalue weighted by Crippen LogP contribution is -2.41. The van der Waals surface area contributed by atoms with Crippen LogP contribution in [0.3, 0.4) is 0 Å². The SMILES string of the molecule is CC1=C(Cc2ccc(O)cc2)C(C=O)N(c2ccccn2)N1. The van der Waals surface area contributed by atoms with Gasteiger partial charge in [0.2, 0.25) is 0 Å². The van der Waals surface area contributed by atoms with Crippen LogP contribution in [0.25, 0.3) is 0 Å². The third-order valence-electron chi connectivity index (χ3n) is 3.76. The Balaban J connectivity index is 1.86. The lowest BCUT2D eigenvalue weighted by molar-refractivity contribution is -0.108. The van der Waals surface area contributed by atoms with Crippen molar-refractivity contribution in [3.05, 3.63) is 65.5 Å². The van der Waals surface area contributed by atoms with Gasteiger partial charge in [0.15, 0.2) is 0 Å². The Morgan fingerprint density at radius 2 is 2.05 bits per heavy atom. The molecule has 0 saturated carbocycles. The van der Waals surface area contributed by atoms with Crippen molar-refractivity contribution < 1.29 is 9.90 Å². The van der Waals surface area contributed by atoms with Gasteiger partial charge in [0, 0.05) is 11.9 Å². The van der Waals surface area contributed by atoms with Crippen molar-refractivity contribution >= 4 is 12.1 Å². The first-order valence-electron chi connectivity index (χ1n) is 7.09. The molecule has 1 aromatic carbocycles. The first-order valence-corrected chi connectivity index (χ1v) is 7.09. The Hall–Kier alpha value is -2.82. The number of hydrogen-bond acceptors (Lipinski definition) is 5. The summed E-state index contributed by atoms with van der Waals surface area (Å²) in [6, 6.07) is 12.2. The van der Waals surface area contributed by atoms with Gasteiger partial charge in [-0.1, -0.05) is 18.2 Å². The van der Waals surface area contributed by atoms with Crippen molar-refractivity contribution in [1.29, 1.82) is 0 Å². The molecule has 5 heteroatoms. The number of allylic oxidation sites excluding steroid dienone is 1. The zero-order chi connectivity index (χ0) is 15.5. The van der Waals surface area contributed by atoms with E-state index in [1.165, 1.54) is 0 Å². The summed E-state index contributed by atoms with van der Waals surface area (Å²) in [6.45, 7) is 1.95. The topological polar surface area (TPSA) is 65.5 Å². The molecule has 1 aliphatic heterocycles. The number of phenols is 1. The fraction of sp³-hybridized carbons (Fsp3) is 0.176. The highest BCUT2D eigenvalue weighted by molar-refractivity contribution is 5.72. The molecular weight excluding hydrogens is 278 g/mol. The summed E-state index contributed by atoms with van der Waals surface area (Å²) < 4.78 is 0. The van der Waals surface area contributed by atoms with E-state index in [0.29, 0.717) is 12.2 Å². The zero-order valence-electron chi connectivity index (χ0n) is 12.2. The number of aromatic hydroxyl groups is 1. The summed E-state index contributed by atoms with van der Waals surface area (Å²) in [5, 5.41) is 11.1. The maximum atomic E-state index is 11.6. The smallest absolute Gasteiger partial charge is 0.148 e. The lowest BCUT2D eigenvalue weighted by Gasteiger charge is -2.23. The number of anilines is 1. The number of aromatic nitrogens is 1. The molecule has 112 valence electrons. The molecule has 3 rings (SSSR count). The van der Waals surface area contributed by atoms with Gasteiger partial charge in [0.05, 0.1) is 0 Å². The van der Waals surface area contributed by atoms with Crippen LogP contribution in [0.1, 0.15) is 12.5 Å². The Kier molecular flexibility index (Phi) is 3.78. The molecule has 0 saturated heterocycles. The second kappa shape index (κ2) is 5.89. The number of hydrazine groups is 1. The number of phenolic OH excluding ortho intramolecular Hbond substituents is 1. The average molecular weight is 295 g/mol. The molecule has 0 amide bonds. The summed E-state index contributed by atoms with van der Waals surface area (Å²) >= 11 is 0. The van der Waals surface area contributed by atoms with E-state index in [0.717, 1.165) is 23.1 Å². The summed E-state index contributed by atoms with van der Waals surface area (Å²) in [5.74, 6) is 0.945. The summed E-state index contributed by atoms with van der Waals surface area (Å²) in [5.41, 5.74) is 6.23. The van der Waals surface area contributed by atoms with Gasteiger partial charge in [0.1, 0.15) is 23.9 Å². The normalized spacial score (nSPS) is 17.5. The molecule has 0 bridgehead atoms. The third kappa shape index (κ3) is 2.65. The predicted octanol–water partition coefficient (Wildman–Crippen LogP) is 2.20. The number of benzene rings is 1. The van der Waals surface area contributed by atoms with E-state index >= 15 is 0 Å². The summed E-state index contributed by atoms with van der Waals surface area (Å²) in [7, 11) is 0. The van der Waals surface area contributed by atoms with Crippen LogP contribution in [0.15, 0.2) is 59.9 Å². The summed E-state index contributed by atoms with van der Waals surface area (Å²) in [4.78, 5) is 15.9. The van der Waals surface area contributed by atoms with E-state index in [2.05, 4.69) is 10.4 Å². The summed E-state index contributed by atoms with van der Waals surface area (Å²) in [6.07, 6.45) is 3.27. The van der Waals surface area contributed by atoms with Crippen LogP contribution in [0, 0.1) is 0 Å². The molecular formula is C17H17N3O2. The number of nitrogens with one attached hydrogen (secondary N) is 1. The van der Waals surface area contributed by atoms with Crippen LogP contribution in [0.4, 0.5) is 5.82 Å². The Morgan fingerprint density at radius 1 is 1.27 bits per heavy atom. The number of aldehydes is 1. The van der Waals surface area contributed by atoms with Crippen molar-refractivity contribution in [3.63, 3.8) is 0 Å². The van der Waals surface area contributed by atoms with E-state index in [1.54, 1.807) is 23.3 Å². The first kappa shape index (κ1) is 14.1. The second-order valence-electron chi connectivity index (χ2n) is 5.24. The molecule has 0 aliphatic carbocycles. The quantitative estimate of drug-likeness (QED) is 0.847. The van der Waals surface area contributed by atoms with Gasteiger partial charge in [-0.25, -0.2) is 4.98 Å². The highest BCUT2D eigenvalue weighted by Gasteiger charge is 2.31. The van der Waals surface area contributed by atoms with Crippen molar-refractivity contribution in [2.24, 2.45) is 0 Å². The Labute approximate surface area is 128 Å². The molecule has 0 fully saturated rings. The first-order chi connectivity index (χ1) is 10.7. The monoisotopic (exact) mass is 295 g/mol. The van der Waals surface area contributed by atoms with E-state index < -0.39 is 0 Å². The van der Waals surface area contributed by atoms with Crippen LogP contribution in [0.5, 0.6) is 5.75 Å². The van der Waals surface area contributed by atoms with E-state index in [4.69, 9.17) is 0 Å². The maximum absolute atomic E-state index is 11.6. The fourth-order valence-corrected chi connectivity index (χ4v) is 2.61. The molecule has 2 heterocycles. The molecule has 0 radical (unpaired) electrons. The van der Waals surface area contributed by atoms with E-state index in [9.17, 15) is 9.90 Å². The van der Waals surface area contributed by atoms with Crippen molar-refractivity contribution in [2.75, 3.05) is 5.01 Å². The van der Waals surface area contributed by atoms with Crippen LogP contribution >= 0.6 is 0 Å². The molecule has 0 spiro atoms. The minimum atomic E-state index is -0.385. The van der Waals surface area contributed by atoms with Crippen molar-refractivity contribution in [2.45, 2.75) is 19.4 Å². The molecule has 5 nitrogen and oxygen atoms in total. The molecule has 2 N–H and O–H groups in total. The van der Waals surface area contributed by atoms with E-state index in [1.807, 2.05) is 37.3 Å². The second-order valence-corrected chi connectivity index (χ2v) is 5.24. The predicted molar refractivity (Wildman–Crippen MR) is 84.2 cm³/mol. The van der Waals surface area contributed by atoms with Gasteiger partial charge in [-0.2, -0.15) is 0 Å². The third-order valence-corrected chi connectivity index (χ3v) is 3.76. The zero-order valence-corrected chi connectivity index (χ0v) is 12.2. The van der Waals surface area contributed by atoms with Crippen molar-refractivity contribution in [1.82, 2.24) is 10.4 Å². The van der Waals surface area contributed by atoms with Crippen LogP contribution in [-0.4, -0.2) is 22.4 Å². The minimum absolute atomic E-state index is 0.237. The molecule has 2 aromatic rings. The van der Waals surface area contributed by atoms with Gasteiger partial charge in [-0.15, -0.1) is 0 Å². The van der Waals surface area contributed by atoms with Gasteiger partial charge in [-0.05, 0) is 48.7 Å². The average Bonchev–Trinajstić information content (AvgIpc) is 2.86. The Bertz CT molecular complexity index is 696. The van der Waals surface area contributed by atoms with Gasteiger partial charge < -0.3 is 15.3 Å². The molecule has 1 atom stereocenters. The maximum Gasteiger partial charge on any atom is 0.148 e. The van der Waals surface area contributed by atoms with Crippen molar-refractivity contribution in [3.8, 4) is 5.75 Å². The van der Waals surface area contributed by atoms with E-state index in [-0.39, 0.29) is 11.8 Å². The van der Waals surface area contributed by atoms with Gasteiger partial charge in [0.25, 0.3) is 0 Å². The number of hydrogen-bond donors (Lipinski definition) is 2. The standard InChI is InChI=1S/C17H17N3O2/c1-12-15(10-13-5-7-14(22)8-6-13)16(11-21)20(19-12)17-4-2-3-9-18-17/h2-9,11,16,19,22H,10H2,1H3. The largest absolute Gasteiger partial charge is 0.508 e. The number of nitrogens with zero attached hydrogens (tertiary/aromatic N) is 2. The highest BCUT2D eigenvalue weighted by atomic mass is 16.3. The molecule has 1 aromatic heterocycles.